The van der Waals surface area contributed by atoms with Gasteiger partial charge >= 0.3 is 0 Å². The van der Waals surface area contributed by atoms with Crippen molar-refractivity contribution in [3.05, 3.63) is 78.1 Å². The van der Waals surface area contributed by atoms with Crippen LogP contribution < -0.4 is 10.7 Å². The number of aryl methyl sites for hydroxylation is 1. The van der Waals surface area contributed by atoms with Crippen LogP contribution in [0, 0.1) is 6.92 Å². The average Bonchev–Trinajstić information content (AvgIpc) is 3.05. The lowest BCUT2D eigenvalue weighted by Crippen LogP contribution is -2.23. The Bertz CT molecular complexity index is 858. The number of benzene rings is 2. The van der Waals surface area contributed by atoms with Gasteiger partial charge in [-0.25, -0.2) is 0 Å². The van der Waals surface area contributed by atoms with Gasteiger partial charge in [0.2, 0.25) is 0 Å². The van der Waals surface area contributed by atoms with E-state index in [4.69, 9.17) is 16.6 Å². The molecule has 0 spiro atoms. The average molecular weight is 367 g/mol. The van der Waals surface area contributed by atoms with Crippen molar-refractivity contribution in [2.45, 2.75) is 16.9 Å². The summed E-state index contributed by atoms with van der Waals surface area (Å²) in [5, 5.41) is 8.37. The third-order valence-electron chi connectivity index (χ3n) is 3.23. The predicted molar refractivity (Wildman–Crippen MR) is 107 cm³/mol. The van der Waals surface area contributed by atoms with Crippen molar-refractivity contribution in [2.75, 3.05) is 5.32 Å². The van der Waals surface area contributed by atoms with Crippen molar-refractivity contribution in [3.8, 4) is 0 Å². The second-order valence-corrected chi connectivity index (χ2v) is 6.75. The minimum atomic E-state index is 0.420. The van der Waals surface area contributed by atoms with E-state index in [0.29, 0.717) is 10.9 Å². The first kappa shape index (κ1) is 17.3. The molecule has 3 aromatic rings. The third kappa shape index (κ3) is 5.48. The number of hydrogen-bond acceptors (Lipinski definition) is 4. The van der Waals surface area contributed by atoms with Crippen LogP contribution >= 0.6 is 24.0 Å². The van der Waals surface area contributed by atoms with Crippen molar-refractivity contribution >= 4 is 41.0 Å². The largest absolute Gasteiger partial charge is 0.448 e. The third-order valence-corrected chi connectivity index (χ3v) is 4.35. The maximum Gasteiger partial charge on any atom is 0.191 e. The van der Waals surface area contributed by atoms with E-state index in [2.05, 4.69) is 47.0 Å². The summed E-state index contributed by atoms with van der Waals surface area (Å²) in [6.07, 6.45) is 1.60. The van der Waals surface area contributed by atoms with Gasteiger partial charge in [0.1, 0.15) is 5.76 Å². The van der Waals surface area contributed by atoms with E-state index in [1.807, 2.05) is 42.5 Å². The molecular formula is C19H17N3OS2. The van der Waals surface area contributed by atoms with E-state index in [0.717, 1.165) is 15.7 Å². The minimum absolute atomic E-state index is 0.420. The SMILES string of the molecule is Cc1ccc(Sc2ccc(C=NNC(=S)Nc3ccccc3)o2)cc1. The maximum atomic E-state index is 5.73. The highest BCUT2D eigenvalue weighted by atomic mass is 32.2. The molecule has 1 heterocycles. The number of anilines is 1. The van der Waals surface area contributed by atoms with E-state index in [1.54, 1.807) is 18.0 Å². The van der Waals surface area contributed by atoms with Crippen molar-refractivity contribution in [1.29, 1.82) is 0 Å². The Balaban J connectivity index is 1.51. The van der Waals surface area contributed by atoms with Gasteiger partial charge in [0.15, 0.2) is 10.2 Å². The lowest BCUT2D eigenvalue weighted by molar-refractivity contribution is 0.469. The molecule has 0 fully saturated rings. The first-order valence-electron chi connectivity index (χ1n) is 7.68. The fourth-order valence-corrected chi connectivity index (χ4v) is 2.97. The van der Waals surface area contributed by atoms with E-state index in [9.17, 15) is 0 Å². The van der Waals surface area contributed by atoms with Crippen LogP contribution in [-0.2, 0) is 0 Å². The summed E-state index contributed by atoms with van der Waals surface area (Å²) in [7, 11) is 0. The van der Waals surface area contributed by atoms with Gasteiger partial charge in [0, 0.05) is 10.6 Å². The molecule has 0 aliphatic heterocycles. The zero-order chi connectivity index (χ0) is 17.5. The van der Waals surface area contributed by atoms with Gasteiger partial charge in [-0.15, -0.1) is 0 Å². The molecule has 4 nitrogen and oxygen atoms in total. The molecule has 0 atom stereocenters. The Morgan fingerprint density at radius 3 is 2.56 bits per heavy atom. The normalized spacial score (nSPS) is 10.8. The number of para-hydroxylation sites is 1. The summed E-state index contributed by atoms with van der Waals surface area (Å²) < 4.78 is 5.73. The molecule has 0 saturated carbocycles. The van der Waals surface area contributed by atoms with Gasteiger partial charge in [-0.1, -0.05) is 47.7 Å². The van der Waals surface area contributed by atoms with Crippen LogP contribution in [-0.4, -0.2) is 11.3 Å². The molecule has 126 valence electrons. The summed E-state index contributed by atoms with van der Waals surface area (Å²) in [5.41, 5.74) is 4.91. The Morgan fingerprint density at radius 1 is 1.04 bits per heavy atom. The van der Waals surface area contributed by atoms with Crippen LogP contribution in [0.25, 0.3) is 0 Å². The van der Waals surface area contributed by atoms with Gasteiger partial charge < -0.3 is 9.73 Å². The first-order chi connectivity index (χ1) is 12.2. The van der Waals surface area contributed by atoms with E-state index >= 15 is 0 Å². The van der Waals surface area contributed by atoms with Crippen LogP contribution in [0.5, 0.6) is 0 Å². The highest BCUT2D eigenvalue weighted by Gasteiger charge is 2.03. The molecule has 0 aliphatic rings. The fraction of sp³-hybridized carbons (Fsp3) is 0.0526. The minimum Gasteiger partial charge on any atom is -0.448 e. The molecule has 0 radical (unpaired) electrons. The fourth-order valence-electron chi connectivity index (χ4n) is 2.02. The quantitative estimate of drug-likeness (QED) is 0.375. The Labute approximate surface area is 156 Å². The van der Waals surface area contributed by atoms with Gasteiger partial charge in [-0.05, 0) is 55.5 Å². The molecule has 2 aromatic carbocycles. The molecule has 2 N–H and O–H groups in total. The van der Waals surface area contributed by atoms with E-state index < -0.39 is 0 Å². The summed E-state index contributed by atoms with van der Waals surface area (Å²) in [6, 6.07) is 21.8. The summed E-state index contributed by atoms with van der Waals surface area (Å²) in [4.78, 5) is 1.13. The van der Waals surface area contributed by atoms with Gasteiger partial charge in [-0.2, -0.15) is 5.10 Å². The zero-order valence-corrected chi connectivity index (χ0v) is 15.2. The van der Waals surface area contributed by atoms with Crippen LogP contribution in [0.3, 0.4) is 0 Å². The molecule has 0 amide bonds. The Morgan fingerprint density at radius 2 is 1.80 bits per heavy atom. The smallest absolute Gasteiger partial charge is 0.191 e. The van der Waals surface area contributed by atoms with Crippen molar-refractivity contribution in [3.63, 3.8) is 0 Å². The second-order valence-electron chi connectivity index (χ2n) is 5.26. The van der Waals surface area contributed by atoms with Crippen LogP contribution in [0.1, 0.15) is 11.3 Å². The molecule has 0 saturated heterocycles. The van der Waals surface area contributed by atoms with Crippen molar-refractivity contribution in [2.24, 2.45) is 5.10 Å². The Hall–Kier alpha value is -2.57. The van der Waals surface area contributed by atoms with Gasteiger partial charge in [-0.3, -0.25) is 5.43 Å². The molecule has 0 bridgehead atoms. The van der Waals surface area contributed by atoms with Crippen LogP contribution in [0.2, 0.25) is 0 Å². The summed E-state index contributed by atoms with van der Waals surface area (Å²) >= 11 is 6.75. The molecule has 0 unspecified atom stereocenters. The van der Waals surface area contributed by atoms with E-state index in [-0.39, 0.29) is 0 Å². The van der Waals surface area contributed by atoms with Gasteiger partial charge in [0.05, 0.1) is 6.21 Å². The molecule has 0 aliphatic carbocycles. The second kappa shape index (κ2) is 8.50. The molecule has 25 heavy (non-hydrogen) atoms. The predicted octanol–water partition coefficient (Wildman–Crippen LogP) is 5.06. The number of rotatable bonds is 5. The number of hydrazone groups is 1. The van der Waals surface area contributed by atoms with Gasteiger partial charge in [0.25, 0.3) is 0 Å². The molecular weight excluding hydrogens is 350 g/mol. The van der Waals surface area contributed by atoms with Crippen molar-refractivity contribution < 1.29 is 4.42 Å². The highest BCUT2D eigenvalue weighted by molar-refractivity contribution is 7.99. The molecule has 6 heteroatoms. The van der Waals surface area contributed by atoms with Crippen LogP contribution in [0.15, 0.2) is 86.2 Å². The molecule has 3 rings (SSSR count). The van der Waals surface area contributed by atoms with Crippen molar-refractivity contribution in [1.82, 2.24) is 5.43 Å². The standard InChI is InChI=1S/C19H17N3OS2/c1-14-7-10-17(11-8-14)25-18-12-9-16(23-18)13-20-22-19(24)21-15-5-3-2-4-6-15/h2-13H,1H3,(H2,21,22,24). The molecule has 1 aromatic heterocycles. The Kier molecular flexibility index (Phi) is 5.87. The number of nitrogens with zero attached hydrogens (tertiary/aromatic N) is 1. The lowest BCUT2D eigenvalue weighted by Gasteiger charge is -2.05. The summed E-state index contributed by atoms with van der Waals surface area (Å²) in [6.45, 7) is 2.07. The highest BCUT2D eigenvalue weighted by Crippen LogP contribution is 2.28. The number of nitrogens with one attached hydrogen (secondary N) is 2. The monoisotopic (exact) mass is 367 g/mol. The maximum absolute atomic E-state index is 5.73. The summed E-state index contributed by atoms with van der Waals surface area (Å²) in [5.74, 6) is 0.657. The van der Waals surface area contributed by atoms with E-state index in [1.165, 1.54) is 5.56 Å². The number of hydrogen-bond donors (Lipinski definition) is 2. The first-order valence-corrected chi connectivity index (χ1v) is 8.91. The topological polar surface area (TPSA) is 49.6 Å². The zero-order valence-electron chi connectivity index (χ0n) is 13.6. The lowest BCUT2D eigenvalue weighted by atomic mass is 10.2. The van der Waals surface area contributed by atoms with Crippen LogP contribution in [0.4, 0.5) is 5.69 Å². The number of furan rings is 1. The number of thiocarbonyl (C=S) groups is 1.